The molecule has 1 amide bonds. The van der Waals surface area contributed by atoms with Gasteiger partial charge in [-0.3, -0.25) is 4.79 Å². The van der Waals surface area contributed by atoms with Crippen molar-refractivity contribution in [1.29, 1.82) is 0 Å². The monoisotopic (exact) mass is 325 g/mol. The van der Waals surface area contributed by atoms with Gasteiger partial charge in [0.1, 0.15) is 0 Å². The van der Waals surface area contributed by atoms with Crippen LogP contribution in [0.3, 0.4) is 0 Å². The molecule has 4 heteroatoms. The Labute approximate surface area is 143 Å². The zero-order valence-corrected chi connectivity index (χ0v) is 14.0. The van der Waals surface area contributed by atoms with Crippen molar-refractivity contribution >= 4 is 5.91 Å². The molecule has 0 aliphatic heterocycles. The van der Waals surface area contributed by atoms with Crippen LogP contribution in [0.1, 0.15) is 25.3 Å². The lowest BCUT2D eigenvalue weighted by Gasteiger charge is -2.23. The summed E-state index contributed by atoms with van der Waals surface area (Å²) in [4.78, 5) is 14.6. The molecular weight excluding hydrogens is 302 g/mol. The number of carbonyl (C=O) groups is 1. The van der Waals surface area contributed by atoms with E-state index in [9.17, 15) is 4.79 Å². The predicted octanol–water partition coefficient (Wildman–Crippen LogP) is 3.66. The average Bonchev–Trinajstić information content (AvgIpc) is 3.45. The molecule has 1 aliphatic rings. The number of carbonyl (C=O) groups excluding carboxylic acids is 1. The van der Waals surface area contributed by atoms with Gasteiger partial charge in [0.05, 0.1) is 6.61 Å². The third kappa shape index (κ3) is 4.28. The first-order chi connectivity index (χ1) is 11.8. The molecule has 0 unspecified atom stereocenters. The first-order valence-corrected chi connectivity index (χ1v) is 8.46. The number of rotatable bonds is 8. The molecule has 24 heavy (non-hydrogen) atoms. The van der Waals surface area contributed by atoms with E-state index in [1.165, 1.54) is 0 Å². The minimum absolute atomic E-state index is 0.0210. The summed E-state index contributed by atoms with van der Waals surface area (Å²) in [6, 6.07) is 17.9. The van der Waals surface area contributed by atoms with Crippen LogP contribution in [0.2, 0.25) is 0 Å². The van der Waals surface area contributed by atoms with Crippen LogP contribution >= 0.6 is 0 Å². The van der Waals surface area contributed by atoms with E-state index in [2.05, 4.69) is 0 Å². The Morgan fingerprint density at radius 3 is 2.25 bits per heavy atom. The summed E-state index contributed by atoms with van der Waals surface area (Å²) in [5, 5.41) is 0. The van der Waals surface area contributed by atoms with Gasteiger partial charge in [-0.15, -0.1) is 0 Å². The maximum absolute atomic E-state index is 12.6. The predicted molar refractivity (Wildman–Crippen MR) is 93.1 cm³/mol. The van der Waals surface area contributed by atoms with Crippen LogP contribution in [0.25, 0.3) is 0 Å². The van der Waals surface area contributed by atoms with E-state index >= 15 is 0 Å². The molecule has 0 spiro atoms. The van der Waals surface area contributed by atoms with Gasteiger partial charge in [0.15, 0.2) is 18.1 Å². The minimum Gasteiger partial charge on any atom is -0.490 e. The fourth-order valence-corrected chi connectivity index (χ4v) is 2.65. The molecule has 2 aromatic carbocycles. The zero-order valence-electron chi connectivity index (χ0n) is 14.0. The average molecular weight is 325 g/mol. The summed E-state index contributed by atoms with van der Waals surface area (Å²) < 4.78 is 11.3. The smallest absolute Gasteiger partial charge is 0.261 e. The highest BCUT2D eigenvalue weighted by Gasteiger charge is 2.32. The summed E-state index contributed by atoms with van der Waals surface area (Å²) in [7, 11) is 0. The largest absolute Gasteiger partial charge is 0.490 e. The Morgan fingerprint density at radius 1 is 1.00 bits per heavy atom. The number of ether oxygens (including phenoxy) is 2. The molecule has 1 aliphatic carbocycles. The second-order valence-electron chi connectivity index (χ2n) is 5.91. The van der Waals surface area contributed by atoms with Crippen molar-refractivity contribution in [2.75, 3.05) is 13.2 Å². The highest BCUT2D eigenvalue weighted by molar-refractivity contribution is 5.78. The van der Waals surface area contributed by atoms with Crippen molar-refractivity contribution in [3.63, 3.8) is 0 Å². The van der Waals surface area contributed by atoms with Crippen molar-refractivity contribution in [3.8, 4) is 11.5 Å². The molecular formula is C20H23NO3. The van der Waals surface area contributed by atoms with Crippen LogP contribution in [0.4, 0.5) is 0 Å². The summed E-state index contributed by atoms with van der Waals surface area (Å²) in [5.41, 5.74) is 1.15. The molecule has 0 radical (unpaired) electrons. The lowest BCUT2D eigenvalue weighted by atomic mass is 10.2. The van der Waals surface area contributed by atoms with Crippen molar-refractivity contribution in [2.45, 2.75) is 32.4 Å². The molecule has 0 bridgehead atoms. The van der Waals surface area contributed by atoms with Gasteiger partial charge in [-0.2, -0.15) is 0 Å². The Bertz CT molecular complexity index is 668. The highest BCUT2D eigenvalue weighted by atomic mass is 16.5. The van der Waals surface area contributed by atoms with E-state index < -0.39 is 0 Å². The molecule has 2 aromatic rings. The van der Waals surface area contributed by atoms with Gasteiger partial charge in [0, 0.05) is 12.6 Å². The first-order valence-electron chi connectivity index (χ1n) is 8.46. The van der Waals surface area contributed by atoms with E-state index in [4.69, 9.17) is 9.47 Å². The SMILES string of the molecule is CCOc1ccccc1OCC(=O)N(Cc1ccccc1)C1CC1. The minimum atomic E-state index is 0.0210. The second kappa shape index (κ2) is 7.86. The van der Waals surface area contributed by atoms with Crippen molar-refractivity contribution in [3.05, 3.63) is 60.2 Å². The van der Waals surface area contributed by atoms with Crippen molar-refractivity contribution in [2.24, 2.45) is 0 Å². The lowest BCUT2D eigenvalue weighted by molar-refractivity contribution is -0.134. The fourth-order valence-electron chi connectivity index (χ4n) is 2.65. The van der Waals surface area contributed by atoms with E-state index in [-0.39, 0.29) is 12.5 Å². The van der Waals surface area contributed by atoms with E-state index in [1.54, 1.807) is 0 Å². The Kier molecular flexibility index (Phi) is 5.36. The lowest BCUT2D eigenvalue weighted by Crippen LogP contribution is -2.36. The van der Waals surface area contributed by atoms with Gasteiger partial charge in [-0.05, 0) is 37.5 Å². The zero-order chi connectivity index (χ0) is 16.8. The summed E-state index contributed by atoms with van der Waals surface area (Å²) in [5.74, 6) is 1.31. The molecule has 4 nitrogen and oxygen atoms in total. The van der Waals surface area contributed by atoms with Gasteiger partial charge in [0.2, 0.25) is 0 Å². The first kappa shape index (κ1) is 16.4. The number of benzene rings is 2. The van der Waals surface area contributed by atoms with Gasteiger partial charge < -0.3 is 14.4 Å². The normalized spacial score (nSPS) is 13.4. The van der Waals surface area contributed by atoms with Gasteiger partial charge in [0.25, 0.3) is 5.91 Å². The second-order valence-corrected chi connectivity index (χ2v) is 5.91. The summed E-state index contributed by atoms with van der Waals surface area (Å²) in [6.45, 7) is 3.17. The number of nitrogens with zero attached hydrogens (tertiary/aromatic N) is 1. The Hall–Kier alpha value is -2.49. The maximum Gasteiger partial charge on any atom is 0.261 e. The molecule has 0 N–H and O–H groups in total. The molecule has 0 atom stereocenters. The van der Waals surface area contributed by atoms with E-state index in [0.717, 1.165) is 18.4 Å². The van der Waals surface area contributed by atoms with Crippen molar-refractivity contribution < 1.29 is 14.3 Å². The van der Waals surface area contributed by atoms with E-state index in [1.807, 2.05) is 66.4 Å². The highest BCUT2D eigenvalue weighted by Crippen LogP contribution is 2.30. The molecule has 0 heterocycles. The number of amides is 1. The number of para-hydroxylation sites is 2. The van der Waals surface area contributed by atoms with Crippen LogP contribution in [-0.4, -0.2) is 30.1 Å². The van der Waals surface area contributed by atoms with Gasteiger partial charge >= 0.3 is 0 Å². The topological polar surface area (TPSA) is 38.8 Å². The Balaban J connectivity index is 1.62. The quantitative estimate of drug-likeness (QED) is 0.743. The molecule has 1 fully saturated rings. The maximum atomic E-state index is 12.6. The number of hydrogen-bond donors (Lipinski definition) is 0. The van der Waals surface area contributed by atoms with Crippen LogP contribution in [0.15, 0.2) is 54.6 Å². The number of hydrogen-bond acceptors (Lipinski definition) is 3. The standard InChI is InChI=1S/C20H23NO3/c1-2-23-18-10-6-7-11-19(18)24-15-20(22)21(17-12-13-17)14-16-8-4-3-5-9-16/h3-11,17H,2,12-15H2,1H3. The Morgan fingerprint density at radius 2 is 1.62 bits per heavy atom. The summed E-state index contributed by atoms with van der Waals surface area (Å²) in [6.07, 6.45) is 2.15. The van der Waals surface area contributed by atoms with Gasteiger partial charge in [-0.25, -0.2) is 0 Å². The van der Waals surface area contributed by atoms with Crippen LogP contribution in [0, 0.1) is 0 Å². The molecule has 3 rings (SSSR count). The van der Waals surface area contributed by atoms with E-state index in [0.29, 0.717) is 30.7 Å². The molecule has 1 saturated carbocycles. The summed E-state index contributed by atoms with van der Waals surface area (Å²) >= 11 is 0. The third-order valence-electron chi connectivity index (χ3n) is 4.00. The third-order valence-corrected chi connectivity index (χ3v) is 4.00. The van der Waals surface area contributed by atoms with Crippen molar-refractivity contribution in [1.82, 2.24) is 4.90 Å². The molecule has 0 aromatic heterocycles. The van der Waals surface area contributed by atoms with Crippen LogP contribution in [-0.2, 0) is 11.3 Å². The van der Waals surface area contributed by atoms with Gasteiger partial charge in [-0.1, -0.05) is 42.5 Å². The molecule has 126 valence electrons. The fraction of sp³-hybridized carbons (Fsp3) is 0.350. The van der Waals surface area contributed by atoms with Crippen LogP contribution in [0.5, 0.6) is 11.5 Å². The molecule has 0 saturated heterocycles. The van der Waals surface area contributed by atoms with Crippen LogP contribution < -0.4 is 9.47 Å².